The second-order valence-corrected chi connectivity index (χ2v) is 11.6. The summed E-state index contributed by atoms with van der Waals surface area (Å²) in [4.78, 5) is 29.7. The molecule has 0 aliphatic carbocycles. The van der Waals surface area contributed by atoms with Crippen LogP contribution in [0.1, 0.15) is 43.0 Å². The van der Waals surface area contributed by atoms with Gasteiger partial charge in [0.1, 0.15) is 17.2 Å². The first-order chi connectivity index (χ1) is 22.8. The van der Waals surface area contributed by atoms with Crippen LogP contribution < -0.4 is 19.5 Å². The molecule has 0 bridgehead atoms. The summed E-state index contributed by atoms with van der Waals surface area (Å²) in [6.45, 7) is 5.99. The molecule has 0 fully saturated rings. The van der Waals surface area contributed by atoms with Crippen LogP contribution in [0.25, 0.3) is 6.08 Å². The van der Waals surface area contributed by atoms with Crippen LogP contribution in [0.5, 0.6) is 11.5 Å². The average Bonchev–Trinajstić information content (AvgIpc) is 3.43. The number of ketones is 2. The lowest BCUT2D eigenvalue weighted by atomic mass is 9.94. The number of hydrogen-bond acceptors (Lipinski definition) is 6. The largest absolute Gasteiger partial charge is 0.497 e. The highest BCUT2D eigenvalue weighted by atomic mass is 16.5. The lowest BCUT2D eigenvalue weighted by molar-refractivity contribution is 0.100. The van der Waals surface area contributed by atoms with Crippen molar-refractivity contribution in [1.29, 1.82) is 0 Å². The zero-order valence-corrected chi connectivity index (χ0v) is 27.2. The quantitative estimate of drug-likeness (QED) is 0.153. The van der Waals surface area contributed by atoms with E-state index >= 15 is 0 Å². The number of carbonyl (C=O) groups is 2. The first-order valence-electron chi connectivity index (χ1n) is 15.4. The number of allylic oxidation sites excluding steroid dienone is 2. The summed E-state index contributed by atoms with van der Waals surface area (Å²) in [6, 6.07) is 38.0. The minimum Gasteiger partial charge on any atom is -0.497 e. The number of Topliss-reactive ketones (excluding diaryl/α,β-unsaturated/α-hetero) is 2. The lowest BCUT2D eigenvalue weighted by Gasteiger charge is -2.34. The molecule has 0 amide bonds. The molecule has 0 aromatic heterocycles. The highest BCUT2D eigenvalue weighted by molar-refractivity contribution is 6.24. The Kier molecular flexibility index (Phi) is 8.76. The first kappa shape index (κ1) is 31.1. The van der Waals surface area contributed by atoms with Crippen LogP contribution in [-0.2, 0) is 0 Å². The number of anilines is 2. The summed E-state index contributed by atoms with van der Waals surface area (Å²) < 4.78 is 10.9. The summed E-state index contributed by atoms with van der Waals surface area (Å²) in [5, 5.41) is 3.77. The Morgan fingerprint density at radius 3 is 1.36 bits per heavy atom. The molecule has 1 aliphatic rings. The monoisotopic (exact) mass is 620 g/mol. The van der Waals surface area contributed by atoms with Crippen molar-refractivity contribution in [3.63, 3.8) is 0 Å². The highest BCUT2D eigenvalue weighted by Gasteiger charge is 2.43. The number of hydrazine groups is 1. The fourth-order valence-electron chi connectivity index (χ4n) is 5.57. The maximum Gasteiger partial charge on any atom is 0.212 e. The third kappa shape index (κ3) is 6.31. The molecule has 0 atom stereocenters. The van der Waals surface area contributed by atoms with Gasteiger partial charge in [-0.25, -0.2) is 10.0 Å². The normalized spacial score (nSPS) is 13.7. The standard InChI is InChI=1S/C41H36N2O4/c1-27-6-12-30(13-7-27)26-37-38(40(44)31-14-8-28(2)9-15-31)39(41(45)32-16-10-29(3)11-17-32)43(34-20-24-36(47-5)25-21-34)42(37)33-18-22-35(46-4)23-19-33/h6-26H,1-5H3/b37-26-. The van der Waals surface area contributed by atoms with Gasteiger partial charge in [-0.1, -0.05) is 89.5 Å². The lowest BCUT2D eigenvalue weighted by Crippen LogP contribution is -2.38. The molecule has 0 saturated carbocycles. The summed E-state index contributed by atoms with van der Waals surface area (Å²) in [7, 11) is 3.23. The smallest absolute Gasteiger partial charge is 0.212 e. The average molecular weight is 621 g/mol. The van der Waals surface area contributed by atoms with Gasteiger partial charge in [-0.15, -0.1) is 0 Å². The van der Waals surface area contributed by atoms with Gasteiger partial charge in [0.05, 0.1) is 36.9 Å². The molecular formula is C41H36N2O4. The number of methoxy groups -OCH3 is 2. The molecule has 0 saturated heterocycles. The van der Waals surface area contributed by atoms with E-state index in [-0.39, 0.29) is 17.3 Å². The number of hydrogen-bond donors (Lipinski definition) is 0. The predicted molar refractivity (Wildman–Crippen MR) is 188 cm³/mol. The molecular weight excluding hydrogens is 584 g/mol. The van der Waals surface area contributed by atoms with E-state index in [1.54, 1.807) is 14.2 Å². The van der Waals surface area contributed by atoms with Gasteiger partial charge < -0.3 is 9.47 Å². The van der Waals surface area contributed by atoms with Crippen molar-refractivity contribution in [2.24, 2.45) is 0 Å². The van der Waals surface area contributed by atoms with Crippen molar-refractivity contribution >= 4 is 29.0 Å². The SMILES string of the molecule is COc1ccc(N2C(C(=O)c3ccc(C)cc3)=C(C(=O)c3ccc(C)cc3)/C(=C/c3ccc(C)cc3)N2c2ccc(OC)cc2)cc1. The third-order valence-electron chi connectivity index (χ3n) is 8.22. The van der Waals surface area contributed by atoms with E-state index < -0.39 is 0 Å². The fourth-order valence-corrected chi connectivity index (χ4v) is 5.57. The Hall–Kier alpha value is -5.88. The minimum absolute atomic E-state index is 0.249. The maximum absolute atomic E-state index is 14.8. The Morgan fingerprint density at radius 1 is 0.511 bits per heavy atom. The number of nitrogens with zero attached hydrogens (tertiary/aromatic N) is 2. The van der Waals surface area contributed by atoms with Gasteiger partial charge in [-0.3, -0.25) is 9.59 Å². The molecule has 6 heteroatoms. The second-order valence-electron chi connectivity index (χ2n) is 11.6. The van der Waals surface area contributed by atoms with Gasteiger partial charge in [-0.05, 0) is 80.9 Å². The van der Waals surface area contributed by atoms with E-state index in [4.69, 9.17) is 9.47 Å². The summed E-state index contributed by atoms with van der Waals surface area (Å²) >= 11 is 0. The molecule has 6 rings (SSSR count). The zero-order chi connectivity index (χ0) is 33.1. The van der Waals surface area contributed by atoms with Crippen LogP contribution in [0.3, 0.4) is 0 Å². The van der Waals surface area contributed by atoms with Crippen molar-refractivity contribution in [2.75, 3.05) is 24.2 Å². The summed E-state index contributed by atoms with van der Waals surface area (Å²) in [5.74, 6) is 0.828. The van der Waals surface area contributed by atoms with Gasteiger partial charge in [0.2, 0.25) is 5.78 Å². The predicted octanol–water partition coefficient (Wildman–Crippen LogP) is 8.93. The Bertz CT molecular complexity index is 1970. The number of aryl methyl sites for hydroxylation is 3. The Morgan fingerprint density at radius 2 is 0.915 bits per heavy atom. The highest BCUT2D eigenvalue weighted by Crippen LogP contribution is 2.44. The van der Waals surface area contributed by atoms with Gasteiger partial charge >= 0.3 is 0 Å². The number of carbonyl (C=O) groups excluding carboxylic acids is 2. The molecule has 6 nitrogen and oxygen atoms in total. The third-order valence-corrected chi connectivity index (χ3v) is 8.22. The molecule has 0 N–H and O–H groups in total. The second kappa shape index (κ2) is 13.2. The van der Waals surface area contributed by atoms with E-state index in [1.807, 2.05) is 158 Å². The maximum atomic E-state index is 14.8. The Balaban J connectivity index is 1.69. The van der Waals surface area contributed by atoms with Crippen molar-refractivity contribution in [2.45, 2.75) is 20.8 Å². The van der Waals surface area contributed by atoms with E-state index in [2.05, 4.69) is 0 Å². The first-order valence-corrected chi connectivity index (χ1v) is 15.4. The van der Waals surface area contributed by atoms with Crippen LogP contribution in [0.2, 0.25) is 0 Å². The van der Waals surface area contributed by atoms with Crippen molar-refractivity contribution in [3.05, 3.63) is 172 Å². The van der Waals surface area contributed by atoms with Crippen LogP contribution in [-0.4, -0.2) is 25.8 Å². The minimum atomic E-state index is -0.276. The molecule has 0 spiro atoms. The van der Waals surface area contributed by atoms with Gasteiger partial charge in [-0.2, -0.15) is 0 Å². The van der Waals surface area contributed by atoms with Crippen molar-refractivity contribution in [1.82, 2.24) is 0 Å². The van der Waals surface area contributed by atoms with E-state index in [0.29, 0.717) is 39.6 Å². The molecule has 5 aromatic rings. The topological polar surface area (TPSA) is 59.1 Å². The molecule has 47 heavy (non-hydrogen) atoms. The zero-order valence-electron chi connectivity index (χ0n) is 27.2. The number of benzene rings is 5. The van der Waals surface area contributed by atoms with E-state index in [0.717, 1.165) is 27.9 Å². The van der Waals surface area contributed by atoms with Gasteiger partial charge in [0.15, 0.2) is 5.78 Å². The van der Waals surface area contributed by atoms with Crippen molar-refractivity contribution in [3.8, 4) is 11.5 Å². The molecule has 1 aliphatic heterocycles. The summed E-state index contributed by atoms with van der Waals surface area (Å²) in [6.07, 6.45) is 1.97. The van der Waals surface area contributed by atoms with Crippen molar-refractivity contribution < 1.29 is 19.1 Å². The molecule has 0 unspecified atom stereocenters. The van der Waals surface area contributed by atoms with E-state index in [9.17, 15) is 9.59 Å². The fraction of sp³-hybridized carbons (Fsp3) is 0.122. The van der Waals surface area contributed by atoms with Crippen LogP contribution >= 0.6 is 0 Å². The molecule has 0 radical (unpaired) electrons. The van der Waals surface area contributed by atoms with Crippen LogP contribution in [0.15, 0.2) is 138 Å². The van der Waals surface area contributed by atoms with Gasteiger partial charge in [0, 0.05) is 11.1 Å². The van der Waals surface area contributed by atoms with Crippen LogP contribution in [0.4, 0.5) is 11.4 Å². The molecule has 234 valence electrons. The molecule has 5 aromatic carbocycles. The van der Waals surface area contributed by atoms with Crippen LogP contribution in [0, 0.1) is 20.8 Å². The molecule has 1 heterocycles. The summed E-state index contributed by atoms with van der Waals surface area (Å²) in [5.41, 5.74) is 7.56. The van der Waals surface area contributed by atoms with Gasteiger partial charge in [0.25, 0.3) is 0 Å². The van der Waals surface area contributed by atoms with E-state index in [1.165, 1.54) is 0 Å². The number of rotatable bonds is 9. The Labute approximate surface area is 275 Å². The number of ether oxygens (including phenoxy) is 2.